The second-order valence-corrected chi connectivity index (χ2v) is 8.61. The van der Waals surface area contributed by atoms with Crippen LogP contribution in [0.5, 0.6) is 5.75 Å². The Bertz CT molecular complexity index is 1360. The van der Waals surface area contributed by atoms with Crippen LogP contribution in [-0.4, -0.2) is 41.3 Å². The molecule has 0 amide bonds. The van der Waals surface area contributed by atoms with Crippen molar-refractivity contribution in [3.05, 3.63) is 70.8 Å². The number of rotatable bonds is 5. The first kappa shape index (κ1) is 18.9. The Kier molecular flexibility index (Phi) is 4.67. The molecular weight excluding hydrogens is 392 g/mol. The van der Waals surface area contributed by atoms with Crippen molar-refractivity contribution in [3.8, 4) is 17.0 Å². The van der Waals surface area contributed by atoms with Crippen molar-refractivity contribution in [2.24, 2.45) is 0 Å². The normalized spacial score (nSPS) is 11.7. The summed E-state index contributed by atoms with van der Waals surface area (Å²) in [4.78, 5) is 24.3. The summed E-state index contributed by atoms with van der Waals surface area (Å²) in [6.45, 7) is 0.307. The van der Waals surface area contributed by atoms with E-state index in [0.29, 0.717) is 34.8 Å². The molecule has 0 aliphatic carbocycles. The first-order valence-electron chi connectivity index (χ1n) is 8.74. The van der Waals surface area contributed by atoms with Crippen molar-refractivity contribution >= 4 is 21.1 Å². The summed E-state index contributed by atoms with van der Waals surface area (Å²) in [6, 6.07) is 13.8. The molecule has 0 saturated heterocycles. The van der Waals surface area contributed by atoms with Crippen molar-refractivity contribution in [2.75, 3.05) is 13.4 Å². The van der Waals surface area contributed by atoms with Gasteiger partial charge in [0.05, 0.1) is 30.4 Å². The van der Waals surface area contributed by atoms with Gasteiger partial charge >= 0.3 is 5.69 Å². The summed E-state index contributed by atoms with van der Waals surface area (Å²) < 4.78 is 30.0. The summed E-state index contributed by atoms with van der Waals surface area (Å²) in [5.41, 5.74) is 2.62. The molecule has 0 unspecified atom stereocenters. The van der Waals surface area contributed by atoms with Crippen molar-refractivity contribution in [2.45, 2.75) is 11.4 Å². The number of imidazole rings is 1. The molecule has 9 heteroatoms. The van der Waals surface area contributed by atoms with Gasteiger partial charge in [-0.25, -0.2) is 23.2 Å². The van der Waals surface area contributed by atoms with E-state index in [1.165, 1.54) is 16.7 Å². The van der Waals surface area contributed by atoms with E-state index in [-0.39, 0.29) is 10.6 Å². The number of H-pyrrole nitrogens is 1. The second kappa shape index (κ2) is 7.17. The molecule has 0 aliphatic rings. The zero-order chi connectivity index (χ0) is 20.6. The summed E-state index contributed by atoms with van der Waals surface area (Å²) in [6.07, 6.45) is 2.70. The molecule has 4 aromatic rings. The number of ether oxygens (including phenoxy) is 1. The van der Waals surface area contributed by atoms with Crippen LogP contribution < -0.4 is 10.4 Å². The molecule has 29 heavy (non-hydrogen) atoms. The molecule has 4 rings (SSSR count). The molecule has 2 heterocycles. The number of hydrogen-bond donors (Lipinski definition) is 1. The first-order valence-corrected chi connectivity index (χ1v) is 10.6. The number of nitrogens with one attached hydrogen (secondary N) is 1. The highest BCUT2D eigenvalue weighted by molar-refractivity contribution is 7.90. The number of benzene rings is 2. The van der Waals surface area contributed by atoms with E-state index in [0.717, 1.165) is 11.8 Å². The zero-order valence-corrected chi connectivity index (χ0v) is 16.6. The molecule has 0 aliphatic heterocycles. The highest BCUT2D eigenvalue weighted by Crippen LogP contribution is 2.21. The lowest BCUT2D eigenvalue weighted by Crippen LogP contribution is -2.17. The number of aromatic amines is 1. The largest absolute Gasteiger partial charge is 0.497 e. The minimum atomic E-state index is -3.28. The van der Waals surface area contributed by atoms with Crippen molar-refractivity contribution in [3.63, 3.8) is 0 Å². The molecule has 8 nitrogen and oxygen atoms in total. The topological polar surface area (TPSA) is 107 Å². The highest BCUT2D eigenvalue weighted by atomic mass is 32.2. The van der Waals surface area contributed by atoms with E-state index >= 15 is 0 Å². The Labute approximate surface area is 166 Å². The van der Waals surface area contributed by atoms with Crippen LogP contribution in [0.25, 0.3) is 22.6 Å². The van der Waals surface area contributed by atoms with Crippen LogP contribution >= 0.6 is 0 Å². The fourth-order valence-corrected chi connectivity index (χ4v) is 3.66. The van der Waals surface area contributed by atoms with Gasteiger partial charge in [-0.3, -0.25) is 9.55 Å². The summed E-state index contributed by atoms with van der Waals surface area (Å²) in [7, 11) is -1.69. The quantitative estimate of drug-likeness (QED) is 0.541. The molecule has 0 saturated carbocycles. The maximum Gasteiger partial charge on any atom is 0.329 e. The van der Waals surface area contributed by atoms with Gasteiger partial charge in [-0.15, -0.1) is 0 Å². The smallest absolute Gasteiger partial charge is 0.329 e. The van der Waals surface area contributed by atoms with Crippen LogP contribution in [0.1, 0.15) is 5.56 Å². The van der Waals surface area contributed by atoms with Gasteiger partial charge in [-0.05, 0) is 29.8 Å². The third-order valence-corrected chi connectivity index (χ3v) is 5.66. The van der Waals surface area contributed by atoms with E-state index in [1.807, 2.05) is 24.3 Å². The van der Waals surface area contributed by atoms with Gasteiger partial charge in [-0.2, -0.15) is 0 Å². The fourth-order valence-electron chi connectivity index (χ4n) is 3.03. The number of aromatic nitrogens is 4. The number of fused-ring (bicyclic) bond motifs is 1. The average Bonchev–Trinajstić information content (AvgIpc) is 3.02. The Balaban J connectivity index is 1.75. The molecule has 0 fully saturated rings. The number of methoxy groups -OCH3 is 1. The number of hydrogen-bond acceptors (Lipinski definition) is 6. The Morgan fingerprint density at radius 1 is 1.14 bits per heavy atom. The standard InChI is InChI=1S/C20H18N4O4S/c1-28-15-5-3-4-13(10-15)12-24-19-18(23-20(24)25)21-11-17(22-19)14-6-8-16(9-7-14)29(2,26)27/h3-11H,12H2,1-2H3,(H,21,23,25). The molecule has 0 spiro atoms. The minimum absolute atomic E-state index is 0.229. The van der Waals surface area contributed by atoms with E-state index in [1.54, 1.807) is 25.4 Å². The van der Waals surface area contributed by atoms with E-state index in [9.17, 15) is 13.2 Å². The van der Waals surface area contributed by atoms with Crippen LogP contribution in [0.2, 0.25) is 0 Å². The van der Waals surface area contributed by atoms with Crippen molar-refractivity contribution in [1.82, 2.24) is 19.5 Å². The van der Waals surface area contributed by atoms with Crippen LogP contribution in [0, 0.1) is 0 Å². The highest BCUT2D eigenvalue weighted by Gasteiger charge is 2.13. The van der Waals surface area contributed by atoms with Gasteiger partial charge < -0.3 is 4.74 Å². The summed E-state index contributed by atoms with van der Waals surface area (Å²) >= 11 is 0. The number of nitrogens with zero attached hydrogens (tertiary/aromatic N) is 3. The van der Waals surface area contributed by atoms with E-state index in [2.05, 4.69) is 15.0 Å². The van der Waals surface area contributed by atoms with Crippen LogP contribution in [0.15, 0.2) is 64.4 Å². The first-order chi connectivity index (χ1) is 13.8. The predicted molar refractivity (Wildman–Crippen MR) is 109 cm³/mol. The number of sulfone groups is 1. The third kappa shape index (κ3) is 3.77. The van der Waals surface area contributed by atoms with Gasteiger partial charge in [0.1, 0.15) is 5.75 Å². The molecule has 0 radical (unpaired) electrons. The molecule has 1 N–H and O–H groups in total. The van der Waals surface area contributed by atoms with Gasteiger partial charge in [0.15, 0.2) is 21.1 Å². The molecule has 2 aromatic carbocycles. The van der Waals surface area contributed by atoms with Gasteiger partial charge in [0, 0.05) is 11.8 Å². The zero-order valence-electron chi connectivity index (χ0n) is 15.8. The maximum absolute atomic E-state index is 12.4. The third-order valence-electron chi connectivity index (χ3n) is 4.53. The van der Waals surface area contributed by atoms with Crippen LogP contribution in [-0.2, 0) is 16.4 Å². The Hall–Kier alpha value is -3.46. The molecule has 2 aromatic heterocycles. The van der Waals surface area contributed by atoms with Gasteiger partial charge in [0.25, 0.3) is 0 Å². The molecular formula is C20H18N4O4S. The van der Waals surface area contributed by atoms with Gasteiger partial charge in [0.2, 0.25) is 0 Å². The summed E-state index contributed by atoms with van der Waals surface area (Å²) in [5, 5.41) is 0. The van der Waals surface area contributed by atoms with Crippen molar-refractivity contribution in [1.29, 1.82) is 0 Å². The van der Waals surface area contributed by atoms with E-state index in [4.69, 9.17) is 4.74 Å². The minimum Gasteiger partial charge on any atom is -0.497 e. The molecule has 0 bridgehead atoms. The van der Waals surface area contributed by atoms with Crippen LogP contribution in [0.4, 0.5) is 0 Å². The second-order valence-electron chi connectivity index (χ2n) is 6.59. The van der Waals surface area contributed by atoms with Gasteiger partial charge in [-0.1, -0.05) is 24.3 Å². The monoisotopic (exact) mass is 410 g/mol. The lowest BCUT2D eigenvalue weighted by molar-refractivity contribution is 0.414. The average molecular weight is 410 g/mol. The lowest BCUT2D eigenvalue weighted by Gasteiger charge is -2.07. The van der Waals surface area contributed by atoms with Crippen molar-refractivity contribution < 1.29 is 13.2 Å². The van der Waals surface area contributed by atoms with Crippen LogP contribution in [0.3, 0.4) is 0 Å². The predicted octanol–water partition coefficient (Wildman–Crippen LogP) is 2.25. The Morgan fingerprint density at radius 2 is 1.90 bits per heavy atom. The SMILES string of the molecule is COc1cccc(Cn2c(=O)[nH]c3ncc(-c4ccc(S(C)(=O)=O)cc4)nc32)c1. The Morgan fingerprint density at radius 3 is 2.59 bits per heavy atom. The maximum atomic E-state index is 12.4. The molecule has 148 valence electrons. The van der Waals surface area contributed by atoms with E-state index < -0.39 is 9.84 Å². The summed E-state index contributed by atoms with van der Waals surface area (Å²) in [5.74, 6) is 0.702. The lowest BCUT2D eigenvalue weighted by atomic mass is 10.2. The molecule has 0 atom stereocenters. The fraction of sp³-hybridized carbons (Fsp3) is 0.150.